The minimum absolute atomic E-state index is 0.186. The van der Waals surface area contributed by atoms with Crippen molar-refractivity contribution in [2.45, 2.75) is 59.0 Å². The molecule has 0 aromatic carbocycles. The van der Waals surface area contributed by atoms with Crippen LogP contribution in [-0.2, 0) is 0 Å². The van der Waals surface area contributed by atoms with Crippen LogP contribution in [-0.4, -0.2) is 22.9 Å². The van der Waals surface area contributed by atoms with E-state index >= 15 is 0 Å². The molecule has 0 bridgehead atoms. The SMILES string of the molecule is CCC(CO)CCC(CC)CC(C)O. The molecule has 0 saturated heterocycles. The van der Waals surface area contributed by atoms with Crippen LogP contribution in [0.25, 0.3) is 0 Å². The molecule has 2 nitrogen and oxygen atoms in total. The second kappa shape index (κ2) is 8.25. The largest absolute Gasteiger partial charge is 0.396 e. The molecule has 0 aliphatic carbocycles. The zero-order chi connectivity index (χ0) is 11.0. The van der Waals surface area contributed by atoms with Gasteiger partial charge in [0.15, 0.2) is 0 Å². The zero-order valence-corrected chi connectivity index (χ0v) is 9.87. The first-order chi connectivity index (χ1) is 6.63. The van der Waals surface area contributed by atoms with E-state index in [1.54, 1.807) is 0 Å². The third-order valence-corrected chi connectivity index (χ3v) is 3.07. The van der Waals surface area contributed by atoms with Gasteiger partial charge in [-0.2, -0.15) is 0 Å². The number of aliphatic hydroxyl groups is 2. The minimum atomic E-state index is -0.186. The normalized spacial score (nSPS) is 17.8. The Balaban J connectivity index is 3.70. The third-order valence-electron chi connectivity index (χ3n) is 3.07. The minimum Gasteiger partial charge on any atom is -0.396 e. The molecule has 3 unspecified atom stereocenters. The van der Waals surface area contributed by atoms with Crippen molar-refractivity contribution < 1.29 is 10.2 Å². The molecular weight excluding hydrogens is 176 g/mol. The van der Waals surface area contributed by atoms with Crippen LogP contribution in [0.2, 0.25) is 0 Å². The summed E-state index contributed by atoms with van der Waals surface area (Å²) in [5, 5.41) is 18.3. The van der Waals surface area contributed by atoms with Crippen LogP contribution in [0, 0.1) is 11.8 Å². The molecule has 0 heterocycles. The molecule has 14 heavy (non-hydrogen) atoms. The predicted octanol–water partition coefficient (Wildman–Crippen LogP) is 2.58. The summed E-state index contributed by atoms with van der Waals surface area (Å²) in [7, 11) is 0. The number of hydrogen-bond acceptors (Lipinski definition) is 2. The Morgan fingerprint density at radius 3 is 1.86 bits per heavy atom. The van der Waals surface area contributed by atoms with E-state index in [4.69, 9.17) is 5.11 Å². The quantitative estimate of drug-likeness (QED) is 0.635. The average molecular weight is 202 g/mol. The molecule has 0 aromatic rings. The van der Waals surface area contributed by atoms with Crippen molar-refractivity contribution in [3.8, 4) is 0 Å². The molecule has 86 valence electrons. The molecule has 0 rings (SSSR count). The van der Waals surface area contributed by atoms with Gasteiger partial charge in [-0.25, -0.2) is 0 Å². The first kappa shape index (κ1) is 13.9. The Morgan fingerprint density at radius 2 is 1.50 bits per heavy atom. The van der Waals surface area contributed by atoms with Crippen LogP contribution in [0.5, 0.6) is 0 Å². The summed E-state index contributed by atoms with van der Waals surface area (Å²) in [5.41, 5.74) is 0. The second-order valence-electron chi connectivity index (χ2n) is 4.39. The van der Waals surface area contributed by atoms with Crippen LogP contribution in [0.3, 0.4) is 0 Å². The first-order valence-corrected chi connectivity index (χ1v) is 5.92. The number of hydrogen-bond donors (Lipinski definition) is 2. The lowest BCUT2D eigenvalue weighted by molar-refractivity contribution is 0.148. The van der Waals surface area contributed by atoms with E-state index in [9.17, 15) is 5.11 Å². The van der Waals surface area contributed by atoms with Gasteiger partial charge in [0.25, 0.3) is 0 Å². The van der Waals surface area contributed by atoms with Crippen molar-refractivity contribution in [2.75, 3.05) is 6.61 Å². The van der Waals surface area contributed by atoms with Crippen LogP contribution in [0.15, 0.2) is 0 Å². The van der Waals surface area contributed by atoms with Gasteiger partial charge in [-0.05, 0) is 31.6 Å². The molecule has 2 N–H and O–H groups in total. The second-order valence-corrected chi connectivity index (χ2v) is 4.39. The zero-order valence-electron chi connectivity index (χ0n) is 9.87. The highest BCUT2D eigenvalue weighted by Gasteiger charge is 2.12. The lowest BCUT2D eigenvalue weighted by atomic mass is 9.89. The van der Waals surface area contributed by atoms with Crippen molar-refractivity contribution in [1.82, 2.24) is 0 Å². The Hall–Kier alpha value is -0.0800. The van der Waals surface area contributed by atoms with E-state index in [0.29, 0.717) is 18.4 Å². The van der Waals surface area contributed by atoms with Crippen molar-refractivity contribution >= 4 is 0 Å². The lowest BCUT2D eigenvalue weighted by Gasteiger charge is -2.19. The molecule has 0 fully saturated rings. The van der Waals surface area contributed by atoms with E-state index in [1.807, 2.05) is 6.92 Å². The molecule has 0 aliphatic heterocycles. The van der Waals surface area contributed by atoms with E-state index in [0.717, 1.165) is 32.1 Å². The molecule has 2 heteroatoms. The number of aliphatic hydroxyl groups excluding tert-OH is 2. The summed E-state index contributed by atoms with van der Waals surface area (Å²) in [6.45, 7) is 6.46. The molecule has 0 radical (unpaired) electrons. The Morgan fingerprint density at radius 1 is 1.00 bits per heavy atom. The maximum atomic E-state index is 9.28. The summed E-state index contributed by atoms with van der Waals surface area (Å²) >= 11 is 0. The van der Waals surface area contributed by atoms with Crippen molar-refractivity contribution in [2.24, 2.45) is 11.8 Å². The van der Waals surface area contributed by atoms with E-state index in [2.05, 4.69) is 13.8 Å². The van der Waals surface area contributed by atoms with Crippen molar-refractivity contribution in [3.05, 3.63) is 0 Å². The van der Waals surface area contributed by atoms with Gasteiger partial charge >= 0.3 is 0 Å². The molecule has 0 aliphatic rings. The maximum absolute atomic E-state index is 9.28. The number of rotatable bonds is 8. The van der Waals surface area contributed by atoms with Crippen LogP contribution >= 0.6 is 0 Å². The van der Waals surface area contributed by atoms with Gasteiger partial charge in [-0.3, -0.25) is 0 Å². The lowest BCUT2D eigenvalue weighted by Crippen LogP contribution is -2.12. The van der Waals surface area contributed by atoms with Gasteiger partial charge in [0.05, 0.1) is 6.10 Å². The fraction of sp³-hybridized carbons (Fsp3) is 1.00. The Bertz CT molecular complexity index is 119. The summed E-state index contributed by atoms with van der Waals surface area (Å²) in [4.78, 5) is 0. The highest BCUT2D eigenvalue weighted by Crippen LogP contribution is 2.21. The fourth-order valence-electron chi connectivity index (χ4n) is 1.87. The monoisotopic (exact) mass is 202 g/mol. The topological polar surface area (TPSA) is 40.5 Å². The Labute approximate surface area is 88.3 Å². The summed E-state index contributed by atoms with van der Waals surface area (Å²) < 4.78 is 0. The van der Waals surface area contributed by atoms with Gasteiger partial charge in [-0.1, -0.05) is 33.1 Å². The molecule has 0 saturated carbocycles. The van der Waals surface area contributed by atoms with Crippen molar-refractivity contribution in [3.63, 3.8) is 0 Å². The third kappa shape index (κ3) is 6.39. The van der Waals surface area contributed by atoms with Gasteiger partial charge < -0.3 is 10.2 Å². The van der Waals surface area contributed by atoms with Crippen molar-refractivity contribution in [1.29, 1.82) is 0 Å². The summed E-state index contributed by atoms with van der Waals surface area (Å²) in [6.07, 6.45) is 5.14. The molecule has 0 amide bonds. The highest BCUT2D eigenvalue weighted by atomic mass is 16.3. The van der Waals surface area contributed by atoms with Gasteiger partial charge in [0, 0.05) is 6.61 Å². The molecule has 0 aromatic heterocycles. The standard InChI is InChI=1S/C12H26O2/c1-4-11(8-10(3)14)6-7-12(5-2)9-13/h10-14H,4-9H2,1-3H3. The van der Waals surface area contributed by atoms with Gasteiger partial charge in [0.1, 0.15) is 0 Å². The maximum Gasteiger partial charge on any atom is 0.0514 e. The highest BCUT2D eigenvalue weighted by molar-refractivity contribution is 4.64. The van der Waals surface area contributed by atoms with Gasteiger partial charge in [-0.15, -0.1) is 0 Å². The smallest absolute Gasteiger partial charge is 0.0514 e. The van der Waals surface area contributed by atoms with E-state index in [-0.39, 0.29) is 6.10 Å². The summed E-state index contributed by atoms with van der Waals surface area (Å²) in [5.74, 6) is 1.08. The Kier molecular flexibility index (Phi) is 8.20. The van der Waals surface area contributed by atoms with Crippen LogP contribution in [0.4, 0.5) is 0 Å². The van der Waals surface area contributed by atoms with Gasteiger partial charge in [0.2, 0.25) is 0 Å². The first-order valence-electron chi connectivity index (χ1n) is 5.92. The average Bonchev–Trinajstić information content (AvgIpc) is 2.17. The summed E-state index contributed by atoms with van der Waals surface area (Å²) in [6, 6.07) is 0. The van der Waals surface area contributed by atoms with E-state index in [1.165, 1.54) is 0 Å². The van der Waals surface area contributed by atoms with Crippen LogP contribution < -0.4 is 0 Å². The predicted molar refractivity (Wildman–Crippen MR) is 60.2 cm³/mol. The molecule has 3 atom stereocenters. The van der Waals surface area contributed by atoms with E-state index < -0.39 is 0 Å². The molecule has 0 spiro atoms. The molecular formula is C12H26O2. The van der Waals surface area contributed by atoms with Crippen LogP contribution in [0.1, 0.15) is 52.9 Å². The fourth-order valence-corrected chi connectivity index (χ4v) is 1.87.